The monoisotopic (exact) mass is 325 g/mol. The maximum Gasteiger partial charge on any atom is 0.191 e. The summed E-state index contributed by atoms with van der Waals surface area (Å²) in [5.41, 5.74) is 1.59. The number of halogens is 1. The molecule has 0 unspecified atom stereocenters. The van der Waals surface area contributed by atoms with Crippen LogP contribution in [-0.2, 0) is 22.5 Å². The van der Waals surface area contributed by atoms with Crippen molar-refractivity contribution in [3.63, 3.8) is 0 Å². The third-order valence-electron chi connectivity index (χ3n) is 3.41. The first kappa shape index (κ1) is 17.5. The number of hydrogen-bond donors (Lipinski definition) is 2. The second-order valence-corrected chi connectivity index (χ2v) is 5.04. The zero-order valence-corrected chi connectivity index (χ0v) is 13.7. The molecule has 1 heterocycles. The molecule has 0 amide bonds. The first-order chi connectivity index (χ1) is 11.2. The normalized spacial score (nSPS) is 14.1. The first-order valence-corrected chi connectivity index (χ1v) is 7.78. The van der Waals surface area contributed by atoms with E-state index in [1.54, 1.807) is 7.05 Å². The summed E-state index contributed by atoms with van der Waals surface area (Å²) >= 11 is 0. The van der Waals surface area contributed by atoms with Crippen LogP contribution in [0.3, 0.4) is 0 Å². The highest BCUT2D eigenvalue weighted by Gasteiger charge is 2.16. The lowest BCUT2D eigenvalue weighted by atomic mass is 10.1. The molecular weight excluding hydrogens is 301 g/mol. The molecule has 0 atom stereocenters. The molecule has 0 saturated heterocycles. The predicted molar refractivity (Wildman–Crippen MR) is 86.2 cm³/mol. The molecule has 0 spiro atoms. The van der Waals surface area contributed by atoms with Crippen LogP contribution in [-0.4, -0.2) is 46.1 Å². The lowest BCUT2D eigenvalue weighted by Gasteiger charge is -2.21. The summed E-state index contributed by atoms with van der Waals surface area (Å²) in [7, 11) is 1.71. The van der Waals surface area contributed by atoms with Crippen LogP contribution >= 0.6 is 0 Å². The fourth-order valence-electron chi connectivity index (χ4n) is 2.36. The van der Waals surface area contributed by atoms with Crippen molar-refractivity contribution in [3.05, 3.63) is 29.1 Å². The molecule has 0 saturated carbocycles. The molecular formula is C16H24FN3O3. The highest BCUT2D eigenvalue weighted by atomic mass is 19.1. The highest BCUT2D eigenvalue weighted by Crippen LogP contribution is 2.29. The van der Waals surface area contributed by atoms with Crippen LogP contribution < -0.4 is 15.4 Å². The third kappa shape index (κ3) is 5.37. The average molecular weight is 325 g/mol. The van der Waals surface area contributed by atoms with Crippen LogP contribution in [0, 0.1) is 5.82 Å². The van der Waals surface area contributed by atoms with E-state index in [1.807, 2.05) is 6.92 Å². The van der Waals surface area contributed by atoms with Gasteiger partial charge in [-0.1, -0.05) is 0 Å². The summed E-state index contributed by atoms with van der Waals surface area (Å²) in [6.07, 6.45) is 0.631. The SMILES string of the molecule is CCOCCNC(=NC)NCCc1cc(F)cc2c1OCOC2. The van der Waals surface area contributed by atoms with E-state index in [2.05, 4.69) is 15.6 Å². The minimum atomic E-state index is -0.271. The Labute approximate surface area is 136 Å². The molecule has 1 aliphatic heterocycles. The van der Waals surface area contributed by atoms with Crippen LogP contribution in [0.15, 0.2) is 17.1 Å². The first-order valence-electron chi connectivity index (χ1n) is 7.78. The molecule has 1 aromatic carbocycles. The summed E-state index contributed by atoms with van der Waals surface area (Å²) in [4.78, 5) is 4.14. The Morgan fingerprint density at radius 2 is 2.17 bits per heavy atom. The van der Waals surface area contributed by atoms with E-state index in [-0.39, 0.29) is 12.6 Å². The van der Waals surface area contributed by atoms with E-state index >= 15 is 0 Å². The lowest BCUT2D eigenvalue weighted by molar-refractivity contribution is -0.0172. The standard InChI is InChI=1S/C16H24FN3O3/c1-3-21-7-6-20-16(18-2)19-5-4-12-8-14(17)9-13-10-22-11-23-15(12)13/h8-9H,3-7,10-11H2,1-2H3,(H2,18,19,20). The molecule has 7 heteroatoms. The van der Waals surface area contributed by atoms with Gasteiger partial charge in [-0.25, -0.2) is 4.39 Å². The van der Waals surface area contributed by atoms with Gasteiger partial charge in [-0.15, -0.1) is 0 Å². The van der Waals surface area contributed by atoms with Crippen LogP contribution in [0.1, 0.15) is 18.1 Å². The number of nitrogens with one attached hydrogen (secondary N) is 2. The zero-order chi connectivity index (χ0) is 16.5. The number of nitrogens with zero attached hydrogens (tertiary/aromatic N) is 1. The van der Waals surface area contributed by atoms with Crippen molar-refractivity contribution in [3.8, 4) is 5.75 Å². The van der Waals surface area contributed by atoms with Gasteiger partial charge in [0.1, 0.15) is 11.6 Å². The zero-order valence-electron chi connectivity index (χ0n) is 13.7. The number of fused-ring (bicyclic) bond motifs is 1. The summed E-state index contributed by atoms with van der Waals surface area (Å²) in [5.74, 6) is 1.16. The highest BCUT2D eigenvalue weighted by molar-refractivity contribution is 5.79. The van der Waals surface area contributed by atoms with E-state index < -0.39 is 0 Å². The molecule has 2 N–H and O–H groups in total. The number of guanidine groups is 1. The molecule has 0 bridgehead atoms. The van der Waals surface area contributed by atoms with Gasteiger partial charge in [-0.05, 0) is 31.0 Å². The van der Waals surface area contributed by atoms with Crippen molar-refractivity contribution in [1.29, 1.82) is 0 Å². The quantitative estimate of drug-likeness (QED) is 0.451. The van der Waals surface area contributed by atoms with E-state index in [1.165, 1.54) is 12.1 Å². The van der Waals surface area contributed by atoms with Crippen LogP contribution in [0.2, 0.25) is 0 Å². The number of ether oxygens (including phenoxy) is 3. The molecule has 0 aromatic heterocycles. The molecule has 0 aliphatic carbocycles. The van der Waals surface area contributed by atoms with Gasteiger partial charge in [0.2, 0.25) is 0 Å². The Kier molecular flexibility index (Phi) is 7.09. The van der Waals surface area contributed by atoms with Gasteiger partial charge in [0.15, 0.2) is 12.8 Å². The van der Waals surface area contributed by atoms with Gasteiger partial charge >= 0.3 is 0 Å². The van der Waals surface area contributed by atoms with Crippen LogP contribution in [0.5, 0.6) is 5.75 Å². The van der Waals surface area contributed by atoms with Crippen molar-refractivity contribution in [2.75, 3.05) is 40.1 Å². The van der Waals surface area contributed by atoms with E-state index in [4.69, 9.17) is 14.2 Å². The number of hydrogen-bond acceptors (Lipinski definition) is 4. The Hall–Kier alpha value is -1.86. The number of rotatable bonds is 7. The van der Waals surface area contributed by atoms with Crippen molar-refractivity contribution in [1.82, 2.24) is 10.6 Å². The van der Waals surface area contributed by atoms with E-state index in [9.17, 15) is 4.39 Å². The fraction of sp³-hybridized carbons (Fsp3) is 0.562. The summed E-state index contributed by atoms with van der Waals surface area (Å²) < 4.78 is 29.6. The maximum absolute atomic E-state index is 13.7. The van der Waals surface area contributed by atoms with Gasteiger partial charge in [0.05, 0.1) is 13.2 Å². The van der Waals surface area contributed by atoms with Gasteiger partial charge < -0.3 is 24.8 Å². The van der Waals surface area contributed by atoms with Gasteiger partial charge in [0.25, 0.3) is 0 Å². The van der Waals surface area contributed by atoms with E-state index in [0.29, 0.717) is 45.3 Å². The average Bonchev–Trinajstić information content (AvgIpc) is 2.56. The largest absolute Gasteiger partial charge is 0.467 e. The molecule has 128 valence electrons. The molecule has 0 radical (unpaired) electrons. The topological polar surface area (TPSA) is 64.1 Å². The van der Waals surface area contributed by atoms with Gasteiger partial charge in [-0.2, -0.15) is 0 Å². The van der Waals surface area contributed by atoms with Crippen molar-refractivity contribution < 1.29 is 18.6 Å². The summed E-state index contributed by atoms with van der Waals surface area (Å²) in [6.45, 7) is 5.18. The maximum atomic E-state index is 13.7. The van der Waals surface area contributed by atoms with Crippen molar-refractivity contribution in [2.45, 2.75) is 20.0 Å². The minimum Gasteiger partial charge on any atom is -0.467 e. The molecule has 6 nitrogen and oxygen atoms in total. The molecule has 2 rings (SSSR count). The third-order valence-corrected chi connectivity index (χ3v) is 3.41. The molecule has 1 aliphatic rings. The van der Waals surface area contributed by atoms with Gasteiger partial charge in [0, 0.05) is 32.3 Å². The Bertz CT molecular complexity index is 538. The minimum absolute atomic E-state index is 0.208. The van der Waals surface area contributed by atoms with Crippen LogP contribution in [0.4, 0.5) is 4.39 Å². The number of aliphatic imine (C=N–C) groups is 1. The smallest absolute Gasteiger partial charge is 0.191 e. The Balaban J connectivity index is 1.85. The molecule has 0 fully saturated rings. The predicted octanol–water partition coefficient (Wildman–Crippen LogP) is 1.44. The summed E-state index contributed by atoms with van der Waals surface area (Å²) in [6, 6.07) is 2.97. The second-order valence-electron chi connectivity index (χ2n) is 5.04. The molecule has 1 aromatic rings. The van der Waals surface area contributed by atoms with E-state index in [0.717, 1.165) is 16.9 Å². The number of benzene rings is 1. The Morgan fingerprint density at radius 1 is 1.35 bits per heavy atom. The van der Waals surface area contributed by atoms with Crippen LogP contribution in [0.25, 0.3) is 0 Å². The van der Waals surface area contributed by atoms with Crippen molar-refractivity contribution >= 4 is 5.96 Å². The second kappa shape index (κ2) is 9.32. The van der Waals surface area contributed by atoms with Crippen molar-refractivity contribution in [2.24, 2.45) is 4.99 Å². The Morgan fingerprint density at radius 3 is 2.96 bits per heavy atom. The summed E-state index contributed by atoms with van der Waals surface area (Å²) in [5, 5.41) is 6.35. The van der Waals surface area contributed by atoms with Gasteiger partial charge in [-0.3, -0.25) is 4.99 Å². The lowest BCUT2D eigenvalue weighted by Crippen LogP contribution is -2.39. The molecule has 23 heavy (non-hydrogen) atoms. The fourth-order valence-corrected chi connectivity index (χ4v) is 2.36.